The molecule has 1 heterocycles. The van der Waals surface area contributed by atoms with Crippen molar-refractivity contribution in [3.8, 4) is 5.75 Å². The number of fused-ring (bicyclic) bond motifs is 1. The molecular formula is C16H19NO7. The van der Waals surface area contributed by atoms with Crippen molar-refractivity contribution in [3.05, 3.63) is 29.3 Å². The molecule has 24 heavy (non-hydrogen) atoms. The number of ether oxygens (including phenoxy) is 1. The van der Waals surface area contributed by atoms with E-state index in [4.69, 9.17) is 4.74 Å². The normalized spacial score (nSPS) is 23.2. The van der Waals surface area contributed by atoms with Gasteiger partial charge in [0, 0.05) is 5.56 Å². The van der Waals surface area contributed by atoms with E-state index >= 15 is 0 Å². The topological polar surface area (TPSA) is 133 Å². The van der Waals surface area contributed by atoms with Crippen LogP contribution < -0.4 is 5.32 Å². The zero-order valence-corrected chi connectivity index (χ0v) is 13.5. The number of carboxylic acids is 2. The molecular weight excluding hydrogens is 318 g/mol. The Morgan fingerprint density at radius 3 is 2.38 bits per heavy atom. The third-order valence-electron chi connectivity index (χ3n) is 3.64. The number of carboxylic acid groups (broad SMARTS) is 2. The van der Waals surface area contributed by atoms with Gasteiger partial charge in [-0.25, -0.2) is 9.59 Å². The molecule has 0 aliphatic carbocycles. The first kappa shape index (κ1) is 17.7. The van der Waals surface area contributed by atoms with Crippen LogP contribution >= 0.6 is 0 Å². The fraction of sp³-hybridized carbons (Fsp3) is 0.438. The highest BCUT2D eigenvalue weighted by Crippen LogP contribution is 2.36. The molecule has 0 spiro atoms. The number of phenols is 1. The van der Waals surface area contributed by atoms with Crippen molar-refractivity contribution < 1.29 is 34.4 Å². The largest absolute Gasteiger partial charge is 0.508 e. The zero-order valence-electron chi connectivity index (χ0n) is 13.5. The number of nitrogens with one attached hydrogen (secondary N) is 1. The Balaban J connectivity index is 2.68. The lowest BCUT2D eigenvalue weighted by atomic mass is 9.79. The molecule has 8 nitrogen and oxygen atoms in total. The van der Waals surface area contributed by atoms with Gasteiger partial charge in [0.1, 0.15) is 17.4 Å². The number of aromatic hydroxyl groups is 1. The molecule has 0 aromatic heterocycles. The molecule has 1 aromatic rings. The van der Waals surface area contributed by atoms with E-state index in [2.05, 4.69) is 5.32 Å². The molecule has 8 heteroatoms. The van der Waals surface area contributed by atoms with Gasteiger partial charge < -0.3 is 20.1 Å². The van der Waals surface area contributed by atoms with Crippen molar-refractivity contribution >= 4 is 17.9 Å². The van der Waals surface area contributed by atoms with Crippen LogP contribution in [0.4, 0.5) is 0 Å². The molecule has 0 fully saturated rings. The minimum absolute atomic E-state index is 0.0250. The van der Waals surface area contributed by atoms with Crippen LogP contribution in [-0.4, -0.2) is 44.9 Å². The maximum absolute atomic E-state index is 12.7. The van der Waals surface area contributed by atoms with Gasteiger partial charge in [-0.15, -0.1) is 0 Å². The third-order valence-corrected chi connectivity index (χ3v) is 3.64. The summed E-state index contributed by atoms with van der Waals surface area (Å²) in [5.41, 5.74) is -3.08. The molecule has 0 saturated carbocycles. The van der Waals surface area contributed by atoms with Crippen LogP contribution in [-0.2, 0) is 31.1 Å². The number of phenolic OH excluding ortho intramolecular Hbond substituents is 1. The van der Waals surface area contributed by atoms with Crippen LogP contribution in [0.15, 0.2) is 18.2 Å². The second-order valence-corrected chi connectivity index (χ2v) is 6.64. The standard InChI is InChI=1S/C16H19NO7/c1-15(2,3)24-14(23)16(13(21)22)10-7-9(18)5-4-8(10)6-11(17-16)12(19)20/h4-5,7,11,17-18H,6H2,1-3H3,(H,19,20)(H,21,22). The van der Waals surface area contributed by atoms with Crippen molar-refractivity contribution in [2.45, 2.75) is 44.4 Å². The Morgan fingerprint density at radius 2 is 1.88 bits per heavy atom. The lowest BCUT2D eigenvalue weighted by Gasteiger charge is -2.38. The number of benzene rings is 1. The van der Waals surface area contributed by atoms with Gasteiger partial charge in [-0.2, -0.15) is 0 Å². The lowest BCUT2D eigenvalue weighted by molar-refractivity contribution is -0.173. The average Bonchev–Trinajstić information content (AvgIpc) is 2.43. The average molecular weight is 337 g/mol. The van der Waals surface area contributed by atoms with Crippen LogP contribution in [0.5, 0.6) is 5.75 Å². The number of hydrogen-bond acceptors (Lipinski definition) is 6. The number of carbonyl (C=O) groups is 3. The predicted molar refractivity (Wildman–Crippen MR) is 81.5 cm³/mol. The molecule has 2 atom stereocenters. The summed E-state index contributed by atoms with van der Waals surface area (Å²) in [6.45, 7) is 4.71. The summed E-state index contributed by atoms with van der Waals surface area (Å²) in [6.07, 6.45) is -0.0250. The summed E-state index contributed by atoms with van der Waals surface area (Å²) >= 11 is 0. The van der Waals surface area contributed by atoms with Crippen LogP contribution in [0.2, 0.25) is 0 Å². The molecule has 1 aliphatic heterocycles. The molecule has 2 rings (SSSR count). The second-order valence-electron chi connectivity index (χ2n) is 6.64. The Bertz CT molecular complexity index is 707. The Labute approximate surface area is 138 Å². The van der Waals surface area contributed by atoms with Crippen LogP contribution in [0, 0.1) is 0 Å². The number of rotatable bonds is 3. The molecule has 4 N–H and O–H groups in total. The molecule has 0 amide bonds. The second kappa shape index (κ2) is 5.79. The van der Waals surface area contributed by atoms with E-state index in [1.807, 2.05) is 0 Å². The third kappa shape index (κ3) is 3.05. The van der Waals surface area contributed by atoms with E-state index in [1.54, 1.807) is 20.8 Å². The summed E-state index contributed by atoms with van der Waals surface area (Å²) in [5, 5.41) is 31.1. The molecule has 1 aliphatic rings. The fourth-order valence-corrected chi connectivity index (χ4v) is 2.64. The maximum atomic E-state index is 12.7. The van der Waals surface area contributed by atoms with Gasteiger partial charge in [0.05, 0.1) is 0 Å². The minimum Gasteiger partial charge on any atom is -0.508 e. The molecule has 0 radical (unpaired) electrons. The molecule has 0 bridgehead atoms. The molecule has 0 saturated heterocycles. The first-order valence-corrected chi connectivity index (χ1v) is 7.27. The van der Waals surface area contributed by atoms with E-state index in [1.165, 1.54) is 12.1 Å². The molecule has 1 aromatic carbocycles. The minimum atomic E-state index is -2.41. The monoisotopic (exact) mass is 337 g/mol. The lowest BCUT2D eigenvalue weighted by Crippen LogP contribution is -2.64. The van der Waals surface area contributed by atoms with E-state index in [0.717, 1.165) is 6.07 Å². The van der Waals surface area contributed by atoms with Crippen molar-refractivity contribution in [3.63, 3.8) is 0 Å². The zero-order chi connectivity index (χ0) is 18.3. The van der Waals surface area contributed by atoms with Gasteiger partial charge in [-0.1, -0.05) is 6.07 Å². The fourth-order valence-electron chi connectivity index (χ4n) is 2.64. The van der Waals surface area contributed by atoms with Gasteiger partial charge in [-0.05, 0) is 44.9 Å². The van der Waals surface area contributed by atoms with Gasteiger partial charge in [0.2, 0.25) is 5.54 Å². The summed E-state index contributed by atoms with van der Waals surface area (Å²) in [4.78, 5) is 36.1. The maximum Gasteiger partial charge on any atom is 0.343 e. The number of aliphatic carboxylic acids is 2. The Kier molecular flexibility index (Phi) is 4.28. The smallest absolute Gasteiger partial charge is 0.343 e. The summed E-state index contributed by atoms with van der Waals surface area (Å²) in [7, 11) is 0. The summed E-state index contributed by atoms with van der Waals surface area (Å²) < 4.78 is 5.21. The number of carbonyl (C=O) groups excluding carboxylic acids is 1. The van der Waals surface area contributed by atoms with Crippen LogP contribution in [0.3, 0.4) is 0 Å². The van der Waals surface area contributed by atoms with Gasteiger partial charge in [-0.3, -0.25) is 10.1 Å². The highest BCUT2D eigenvalue weighted by atomic mass is 16.6. The number of esters is 1. The first-order valence-electron chi connectivity index (χ1n) is 7.27. The number of hydrogen-bond donors (Lipinski definition) is 4. The van der Waals surface area contributed by atoms with Gasteiger partial charge in [0.25, 0.3) is 0 Å². The van der Waals surface area contributed by atoms with Crippen molar-refractivity contribution in [2.75, 3.05) is 0 Å². The Morgan fingerprint density at radius 1 is 1.25 bits per heavy atom. The van der Waals surface area contributed by atoms with Crippen LogP contribution in [0.25, 0.3) is 0 Å². The summed E-state index contributed by atoms with van der Waals surface area (Å²) in [5.74, 6) is -4.27. The van der Waals surface area contributed by atoms with Crippen molar-refractivity contribution in [2.24, 2.45) is 0 Å². The van der Waals surface area contributed by atoms with E-state index < -0.39 is 35.1 Å². The van der Waals surface area contributed by atoms with E-state index in [9.17, 15) is 29.7 Å². The highest BCUT2D eigenvalue weighted by molar-refractivity contribution is 6.06. The highest BCUT2D eigenvalue weighted by Gasteiger charge is 2.56. The van der Waals surface area contributed by atoms with Gasteiger partial charge in [0.15, 0.2) is 0 Å². The van der Waals surface area contributed by atoms with E-state index in [-0.39, 0.29) is 17.7 Å². The van der Waals surface area contributed by atoms with E-state index in [0.29, 0.717) is 5.56 Å². The van der Waals surface area contributed by atoms with Crippen molar-refractivity contribution in [1.82, 2.24) is 5.32 Å². The first-order chi connectivity index (χ1) is 11.0. The Hall–Kier alpha value is -2.61. The summed E-state index contributed by atoms with van der Waals surface area (Å²) in [6, 6.07) is 2.57. The predicted octanol–water partition coefficient (Wildman–Crippen LogP) is 0.613. The quantitative estimate of drug-likeness (QED) is 0.466. The van der Waals surface area contributed by atoms with Gasteiger partial charge >= 0.3 is 17.9 Å². The van der Waals surface area contributed by atoms with Crippen LogP contribution in [0.1, 0.15) is 31.9 Å². The SMILES string of the molecule is CC(C)(C)OC(=O)C1(C(=O)O)NC(C(=O)O)Cc2ccc(O)cc21. The molecule has 130 valence electrons. The van der Waals surface area contributed by atoms with Crippen molar-refractivity contribution in [1.29, 1.82) is 0 Å². The molecule has 2 unspecified atom stereocenters.